The lowest BCUT2D eigenvalue weighted by Crippen LogP contribution is -2.37. The van der Waals surface area contributed by atoms with E-state index in [1.165, 1.54) is 11.0 Å². The maximum atomic E-state index is 12.6. The van der Waals surface area contributed by atoms with E-state index < -0.39 is 0 Å². The van der Waals surface area contributed by atoms with Crippen LogP contribution >= 0.6 is 0 Å². The van der Waals surface area contributed by atoms with Gasteiger partial charge >= 0.3 is 0 Å². The summed E-state index contributed by atoms with van der Waals surface area (Å²) in [6, 6.07) is 19.5. The molecule has 1 aliphatic heterocycles. The third-order valence-electron chi connectivity index (χ3n) is 3.75. The molecule has 1 aliphatic rings. The predicted molar refractivity (Wildman–Crippen MR) is 90.4 cm³/mol. The van der Waals surface area contributed by atoms with Crippen LogP contribution in [0.5, 0.6) is 0 Å². The quantitative estimate of drug-likeness (QED) is 0.815. The lowest BCUT2D eigenvalue weighted by molar-refractivity contribution is -0.139. The first-order chi connectivity index (χ1) is 11.3. The fourth-order valence-corrected chi connectivity index (χ4v) is 2.58. The molecule has 0 saturated heterocycles. The number of amides is 2. The van der Waals surface area contributed by atoms with E-state index in [0.29, 0.717) is 13.0 Å². The number of nitrogens with zero attached hydrogens (tertiary/aromatic N) is 1. The molecular formula is C20H17NO2. The van der Waals surface area contributed by atoms with Gasteiger partial charge in [0.15, 0.2) is 0 Å². The van der Waals surface area contributed by atoms with E-state index in [9.17, 15) is 9.59 Å². The van der Waals surface area contributed by atoms with Gasteiger partial charge in [0.2, 0.25) is 0 Å². The molecule has 0 spiro atoms. The molecule has 2 aromatic carbocycles. The van der Waals surface area contributed by atoms with Gasteiger partial charge in [-0.25, -0.2) is 0 Å². The summed E-state index contributed by atoms with van der Waals surface area (Å²) in [5.41, 5.74) is 2.72. The van der Waals surface area contributed by atoms with Crippen molar-refractivity contribution in [1.82, 2.24) is 4.90 Å². The number of carbonyl (C=O) groups excluding carboxylic acids is 2. The summed E-state index contributed by atoms with van der Waals surface area (Å²) in [5.74, 6) is -0.528. The Kier molecular flexibility index (Phi) is 4.48. The highest BCUT2D eigenvalue weighted by Gasteiger charge is 2.20. The minimum atomic E-state index is -0.276. The van der Waals surface area contributed by atoms with Crippen molar-refractivity contribution < 1.29 is 9.59 Å². The van der Waals surface area contributed by atoms with Gasteiger partial charge < -0.3 is 0 Å². The zero-order valence-electron chi connectivity index (χ0n) is 12.7. The summed E-state index contributed by atoms with van der Waals surface area (Å²) >= 11 is 0. The molecule has 114 valence electrons. The van der Waals surface area contributed by atoms with E-state index in [0.717, 1.165) is 16.7 Å². The Hall–Kier alpha value is -2.94. The minimum absolute atomic E-state index is 0.252. The van der Waals surface area contributed by atoms with Gasteiger partial charge in [-0.3, -0.25) is 14.5 Å². The second-order valence-electron chi connectivity index (χ2n) is 5.31. The molecule has 3 nitrogen and oxygen atoms in total. The summed E-state index contributed by atoms with van der Waals surface area (Å²) < 4.78 is 0. The molecule has 0 saturated carbocycles. The van der Waals surface area contributed by atoms with E-state index in [2.05, 4.69) is 0 Å². The third kappa shape index (κ3) is 3.46. The number of hydrogen-bond acceptors (Lipinski definition) is 2. The summed E-state index contributed by atoms with van der Waals surface area (Å²) in [7, 11) is 0. The van der Waals surface area contributed by atoms with Crippen molar-refractivity contribution in [3.63, 3.8) is 0 Å². The SMILES string of the molecule is O=C1C=CCCN1C(=O)C=C(c1ccccc1)c1ccccc1. The van der Waals surface area contributed by atoms with Gasteiger partial charge in [0.25, 0.3) is 11.8 Å². The van der Waals surface area contributed by atoms with Crippen LogP contribution in [-0.2, 0) is 9.59 Å². The fourth-order valence-electron chi connectivity index (χ4n) is 2.58. The second kappa shape index (κ2) is 6.88. The molecule has 0 atom stereocenters. The van der Waals surface area contributed by atoms with Crippen molar-refractivity contribution in [2.45, 2.75) is 6.42 Å². The van der Waals surface area contributed by atoms with Crippen molar-refractivity contribution >= 4 is 17.4 Å². The van der Waals surface area contributed by atoms with Crippen LogP contribution in [0, 0.1) is 0 Å². The molecule has 2 amide bonds. The van der Waals surface area contributed by atoms with Crippen LogP contribution in [0.3, 0.4) is 0 Å². The number of benzene rings is 2. The van der Waals surface area contributed by atoms with Gasteiger partial charge in [-0.15, -0.1) is 0 Å². The van der Waals surface area contributed by atoms with Crippen molar-refractivity contribution in [2.75, 3.05) is 6.54 Å². The maximum absolute atomic E-state index is 12.6. The van der Waals surface area contributed by atoms with E-state index in [1.54, 1.807) is 12.2 Å². The molecule has 3 heteroatoms. The molecular weight excluding hydrogens is 286 g/mol. The van der Waals surface area contributed by atoms with Crippen LogP contribution in [0.1, 0.15) is 17.5 Å². The Morgan fingerprint density at radius 3 is 2.00 bits per heavy atom. The molecule has 0 aliphatic carbocycles. The molecule has 0 bridgehead atoms. The van der Waals surface area contributed by atoms with Crippen LogP contribution in [0.15, 0.2) is 78.9 Å². The fraction of sp³-hybridized carbons (Fsp3) is 0.100. The Balaban J connectivity index is 2.00. The van der Waals surface area contributed by atoms with Crippen LogP contribution in [0.2, 0.25) is 0 Å². The standard InChI is InChI=1S/C20H17NO2/c22-19-13-7-8-14-21(19)20(23)15-18(16-9-3-1-4-10-16)17-11-5-2-6-12-17/h1-7,9-13,15H,8,14H2. The largest absolute Gasteiger partial charge is 0.275 e. The molecule has 0 N–H and O–H groups in total. The minimum Gasteiger partial charge on any atom is -0.275 e. The molecule has 1 heterocycles. The van der Waals surface area contributed by atoms with Gasteiger partial charge in [-0.2, -0.15) is 0 Å². The highest BCUT2D eigenvalue weighted by molar-refractivity contribution is 6.09. The van der Waals surface area contributed by atoms with Crippen molar-refractivity contribution in [1.29, 1.82) is 0 Å². The summed E-state index contributed by atoms with van der Waals surface area (Å²) in [6.45, 7) is 0.432. The Morgan fingerprint density at radius 1 is 0.913 bits per heavy atom. The topological polar surface area (TPSA) is 37.4 Å². The average molecular weight is 303 g/mol. The lowest BCUT2D eigenvalue weighted by Gasteiger charge is -2.20. The first-order valence-electron chi connectivity index (χ1n) is 7.60. The summed E-state index contributed by atoms with van der Waals surface area (Å²) in [6.07, 6.45) is 5.52. The zero-order valence-corrected chi connectivity index (χ0v) is 12.7. The number of carbonyl (C=O) groups is 2. The highest BCUT2D eigenvalue weighted by Crippen LogP contribution is 2.23. The van der Waals surface area contributed by atoms with Crippen molar-refractivity contribution in [2.24, 2.45) is 0 Å². The molecule has 0 unspecified atom stereocenters. The highest BCUT2D eigenvalue weighted by atomic mass is 16.2. The zero-order chi connectivity index (χ0) is 16.1. The van der Waals surface area contributed by atoms with Gasteiger partial charge in [0.05, 0.1) is 0 Å². The monoisotopic (exact) mass is 303 g/mol. The molecule has 0 aromatic heterocycles. The van der Waals surface area contributed by atoms with Gasteiger partial charge in [0.1, 0.15) is 0 Å². The number of hydrogen-bond donors (Lipinski definition) is 0. The van der Waals surface area contributed by atoms with Crippen LogP contribution in [-0.4, -0.2) is 23.3 Å². The van der Waals surface area contributed by atoms with Gasteiger partial charge in [0, 0.05) is 12.6 Å². The molecule has 3 rings (SSSR count). The number of imide groups is 1. The smallest absolute Gasteiger partial charge is 0.254 e. The van der Waals surface area contributed by atoms with E-state index in [-0.39, 0.29) is 11.8 Å². The Morgan fingerprint density at radius 2 is 1.48 bits per heavy atom. The van der Waals surface area contributed by atoms with Crippen molar-refractivity contribution in [3.05, 3.63) is 90.0 Å². The Labute approximate surface area is 135 Å². The van der Waals surface area contributed by atoms with Gasteiger partial charge in [-0.1, -0.05) is 66.7 Å². The van der Waals surface area contributed by atoms with E-state index in [1.807, 2.05) is 60.7 Å². The first kappa shape index (κ1) is 15.0. The van der Waals surface area contributed by atoms with Crippen LogP contribution in [0.4, 0.5) is 0 Å². The summed E-state index contributed by atoms with van der Waals surface area (Å²) in [5, 5.41) is 0. The van der Waals surface area contributed by atoms with Crippen LogP contribution < -0.4 is 0 Å². The van der Waals surface area contributed by atoms with Crippen LogP contribution in [0.25, 0.3) is 5.57 Å². The first-order valence-corrected chi connectivity index (χ1v) is 7.60. The van der Waals surface area contributed by atoms with Gasteiger partial charge in [-0.05, 0) is 29.2 Å². The second-order valence-corrected chi connectivity index (χ2v) is 5.31. The van der Waals surface area contributed by atoms with E-state index in [4.69, 9.17) is 0 Å². The molecule has 2 aromatic rings. The third-order valence-corrected chi connectivity index (χ3v) is 3.75. The molecule has 23 heavy (non-hydrogen) atoms. The molecule has 0 fully saturated rings. The maximum Gasteiger partial charge on any atom is 0.254 e. The van der Waals surface area contributed by atoms with E-state index >= 15 is 0 Å². The lowest BCUT2D eigenvalue weighted by atomic mass is 9.97. The predicted octanol–water partition coefficient (Wildman–Crippen LogP) is 3.43. The summed E-state index contributed by atoms with van der Waals surface area (Å²) in [4.78, 5) is 25.7. The number of rotatable bonds is 3. The Bertz CT molecular complexity index is 719. The van der Waals surface area contributed by atoms with Crippen molar-refractivity contribution in [3.8, 4) is 0 Å². The normalized spacial score (nSPS) is 13.7. The average Bonchev–Trinajstić information content (AvgIpc) is 2.61. The molecule has 0 radical (unpaired) electrons.